The highest BCUT2D eigenvalue weighted by atomic mass is 16.6. The molecular formula is C10H16N4O3. The Bertz CT molecular complexity index is 395. The van der Waals surface area contributed by atoms with Crippen molar-refractivity contribution >= 4 is 17.3 Å². The Morgan fingerprint density at radius 2 is 2.29 bits per heavy atom. The molecule has 1 aromatic rings. The van der Waals surface area contributed by atoms with Crippen LogP contribution in [0, 0.1) is 10.1 Å². The zero-order valence-electron chi connectivity index (χ0n) is 9.84. The lowest BCUT2D eigenvalue weighted by Crippen LogP contribution is -2.15. The van der Waals surface area contributed by atoms with Crippen molar-refractivity contribution in [1.82, 2.24) is 4.98 Å². The smallest absolute Gasteiger partial charge is 0.311 e. The summed E-state index contributed by atoms with van der Waals surface area (Å²) in [5.74, 6) is 0.408. The summed E-state index contributed by atoms with van der Waals surface area (Å²) in [5.41, 5.74) is 5.38. The van der Waals surface area contributed by atoms with E-state index in [0.717, 1.165) is 0 Å². The minimum absolute atomic E-state index is 0.0938. The fourth-order valence-corrected chi connectivity index (χ4v) is 1.21. The summed E-state index contributed by atoms with van der Waals surface area (Å²) >= 11 is 0. The van der Waals surface area contributed by atoms with Crippen LogP contribution in [-0.2, 0) is 4.74 Å². The zero-order chi connectivity index (χ0) is 12.8. The highest BCUT2D eigenvalue weighted by Gasteiger charge is 2.14. The second kappa shape index (κ2) is 6.00. The molecule has 0 aromatic carbocycles. The second-order valence-electron chi connectivity index (χ2n) is 3.71. The van der Waals surface area contributed by atoms with Crippen LogP contribution in [0.1, 0.15) is 13.8 Å². The molecule has 0 spiro atoms. The highest BCUT2D eigenvalue weighted by Crippen LogP contribution is 2.22. The Balaban J connectivity index is 2.62. The maximum absolute atomic E-state index is 10.7. The van der Waals surface area contributed by atoms with Crippen molar-refractivity contribution in [3.05, 3.63) is 22.2 Å². The van der Waals surface area contributed by atoms with Gasteiger partial charge < -0.3 is 15.8 Å². The first-order valence-electron chi connectivity index (χ1n) is 5.27. The van der Waals surface area contributed by atoms with Crippen molar-refractivity contribution in [2.45, 2.75) is 20.0 Å². The number of hydrogen-bond acceptors (Lipinski definition) is 6. The van der Waals surface area contributed by atoms with Gasteiger partial charge in [-0.1, -0.05) is 0 Å². The molecule has 7 heteroatoms. The molecule has 0 fully saturated rings. The van der Waals surface area contributed by atoms with Crippen molar-refractivity contribution in [2.75, 3.05) is 24.2 Å². The molecule has 1 rings (SSSR count). The minimum Gasteiger partial charge on any atom is -0.384 e. The van der Waals surface area contributed by atoms with Gasteiger partial charge in [0, 0.05) is 12.6 Å². The Kier molecular flexibility index (Phi) is 4.65. The number of nitrogens with one attached hydrogen (secondary N) is 1. The minimum atomic E-state index is -0.502. The van der Waals surface area contributed by atoms with Crippen LogP contribution in [0.25, 0.3) is 0 Å². The van der Waals surface area contributed by atoms with Crippen LogP contribution in [-0.4, -0.2) is 29.2 Å². The molecule has 7 nitrogen and oxygen atoms in total. The van der Waals surface area contributed by atoms with Crippen LogP contribution in [0.2, 0.25) is 0 Å². The van der Waals surface area contributed by atoms with E-state index in [0.29, 0.717) is 13.2 Å². The third-order valence-electron chi connectivity index (χ3n) is 1.94. The van der Waals surface area contributed by atoms with E-state index in [-0.39, 0.29) is 23.4 Å². The van der Waals surface area contributed by atoms with Crippen molar-refractivity contribution in [1.29, 1.82) is 0 Å². The SMILES string of the molecule is CC(C)OCCNc1nc(N)ccc1[N+](=O)[O-]. The summed E-state index contributed by atoms with van der Waals surface area (Å²) in [6.07, 6.45) is 0.126. The number of rotatable bonds is 6. The van der Waals surface area contributed by atoms with Gasteiger partial charge >= 0.3 is 5.69 Å². The van der Waals surface area contributed by atoms with Gasteiger partial charge in [-0.15, -0.1) is 0 Å². The molecule has 1 aromatic heterocycles. The van der Waals surface area contributed by atoms with E-state index in [1.807, 2.05) is 13.8 Å². The molecule has 0 aliphatic rings. The van der Waals surface area contributed by atoms with Crippen LogP contribution in [0.3, 0.4) is 0 Å². The Morgan fingerprint density at radius 1 is 1.59 bits per heavy atom. The number of ether oxygens (including phenoxy) is 1. The second-order valence-corrected chi connectivity index (χ2v) is 3.71. The van der Waals surface area contributed by atoms with E-state index in [1.165, 1.54) is 12.1 Å². The molecule has 0 unspecified atom stereocenters. The van der Waals surface area contributed by atoms with Crippen molar-refractivity contribution in [3.63, 3.8) is 0 Å². The van der Waals surface area contributed by atoms with Gasteiger partial charge in [-0.2, -0.15) is 0 Å². The first-order valence-corrected chi connectivity index (χ1v) is 5.27. The lowest BCUT2D eigenvalue weighted by atomic mass is 10.3. The molecule has 0 aliphatic carbocycles. The Labute approximate surface area is 99.1 Å². The number of aromatic nitrogens is 1. The summed E-state index contributed by atoms with van der Waals surface area (Å²) in [4.78, 5) is 14.1. The van der Waals surface area contributed by atoms with E-state index in [2.05, 4.69) is 10.3 Å². The topological polar surface area (TPSA) is 103 Å². The van der Waals surface area contributed by atoms with Crippen molar-refractivity contribution < 1.29 is 9.66 Å². The van der Waals surface area contributed by atoms with Gasteiger partial charge in [-0.05, 0) is 19.9 Å². The van der Waals surface area contributed by atoms with Gasteiger partial charge in [0.1, 0.15) is 5.82 Å². The fourth-order valence-electron chi connectivity index (χ4n) is 1.21. The van der Waals surface area contributed by atoms with E-state index in [9.17, 15) is 10.1 Å². The predicted molar refractivity (Wildman–Crippen MR) is 64.9 cm³/mol. The number of nitrogen functional groups attached to an aromatic ring is 1. The molecule has 0 saturated heterocycles. The van der Waals surface area contributed by atoms with Crippen LogP contribution in [0.15, 0.2) is 12.1 Å². The van der Waals surface area contributed by atoms with Gasteiger partial charge in [0.15, 0.2) is 0 Å². The number of nitro groups is 1. The fraction of sp³-hybridized carbons (Fsp3) is 0.500. The van der Waals surface area contributed by atoms with Gasteiger partial charge in [0.05, 0.1) is 17.6 Å². The van der Waals surface area contributed by atoms with E-state index in [1.54, 1.807) is 0 Å². The first kappa shape index (κ1) is 13.2. The standard InChI is InChI=1S/C10H16N4O3/c1-7(2)17-6-5-12-10-8(14(15)16)3-4-9(11)13-10/h3-4,7H,5-6H2,1-2H3,(H3,11,12,13). The van der Waals surface area contributed by atoms with Gasteiger partial charge in [0.2, 0.25) is 5.82 Å². The largest absolute Gasteiger partial charge is 0.384 e. The summed E-state index contributed by atoms with van der Waals surface area (Å²) in [6, 6.07) is 2.72. The highest BCUT2D eigenvalue weighted by molar-refractivity contribution is 5.59. The van der Waals surface area contributed by atoms with E-state index in [4.69, 9.17) is 10.5 Å². The number of anilines is 2. The van der Waals surface area contributed by atoms with E-state index < -0.39 is 4.92 Å². The van der Waals surface area contributed by atoms with Crippen molar-refractivity contribution in [3.8, 4) is 0 Å². The quantitative estimate of drug-likeness (QED) is 0.442. The predicted octanol–water partition coefficient (Wildman–Crippen LogP) is 1.41. The summed E-state index contributed by atoms with van der Waals surface area (Å²) < 4.78 is 5.30. The summed E-state index contributed by atoms with van der Waals surface area (Å²) in [5, 5.41) is 13.6. The van der Waals surface area contributed by atoms with E-state index >= 15 is 0 Å². The Morgan fingerprint density at radius 3 is 2.88 bits per heavy atom. The maximum atomic E-state index is 10.7. The third-order valence-corrected chi connectivity index (χ3v) is 1.94. The molecular weight excluding hydrogens is 224 g/mol. The molecule has 94 valence electrons. The van der Waals surface area contributed by atoms with Gasteiger partial charge in [0.25, 0.3) is 0 Å². The van der Waals surface area contributed by atoms with Crippen LogP contribution >= 0.6 is 0 Å². The normalized spacial score (nSPS) is 10.5. The lowest BCUT2D eigenvalue weighted by molar-refractivity contribution is -0.384. The first-order chi connectivity index (χ1) is 8.00. The molecule has 17 heavy (non-hydrogen) atoms. The Hall–Kier alpha value is -1.89. The summed E-state index contributed by atoms with van der Waals surface area (Å²) in [7, 11) is 0. The third kappa shape index (κ3) is 4.23. The molecule has 0 saturated carbocycles. The molecule has 0 radical (unpaired) electrons. The number of hydrogen-bond donors (Lipinski definition) is 2. The number of nitrogens with zero attached hydrogens (tertiary/aromatic N) is 2. The average Bonchev–Trinajstić information content (AvgIpc) is 2.23. The average molecular weight is 240 g/mol. The molecule has 0 bridgehead atoms. The van der Waals surface area contributed by atoms with Crippen molar-refractivity contribution in [2.24, 2.45) is 0 Å². The zero-order valence-corrected chi connectivity index (χ0v) is 9.84. The molecule has 0 aliphatic heterocycles. The number of nitrogens with two attached hydrogens (primary N) is 1. The van der Waals surface area contributed by atoms with Crippen LogP contribution in [0.5, 0.6) is 0 Å². The molecule has 0 amide bonds. The maximum Gasteiger partial charge on any atom is 0.311 e. The van der Waals surface area contributed by atoms with Crippen LogP contribution < -0.4 is 11.1 Å². The molecule has 1 heterocycles. The van der Waals surface area contributed by atoms with Gasteiger partial charge in [-0.3, -0.25) is 10.1 Å². The van der Waals surface area contributed by atoms with Gasteiger partial charge in [-0.25, -0.2) is 4.98 Å². The monoisotopic (exact) mass is 240 g/mol. The van der Waals surface area contributed by atoms with Crippen LogP contribution in [0.4, 0.5) is 17.3 Å². The number of pyridine rings is 1. The lowest BCUT2D eigenvalue weighted by Gasteiger charge is -2.09. The molecule has 3 N–H and O–H groups in total. The molecule has 0 atom stereocenters. The summed E-state index contributed by atoms with van der Waals surface area (Å²) in [6.45, 7) is 4.73.